The lowest BCUT2D eigenvalue weighted by Crippen LogP contribution is -2.18. The summed E-state index contributed by atoms with van der Waals surface area (Å²) in [5, 5.41) is 4.12. The highest BCUT2D eigenvalue weighted by atomic mass is 127. The summed E-state index contributed by atoms with van der Waals surface area (Å²) >= 11 is 11.7. The Bertz CT molecular complexity index is 1090. The normalized spacial score (nSPS) is 10.8. The molecule has 6 nitrogen and oxygen atoms in total. The largest absolute Gasteiger partial charge is 0.490 e. The van der Waals surface area contributed by atoms with Gasteiger partial charge in [0.25, 0.3) is 5.91 Å². The Morgan fingerprint density at radius 2 is 2.03 bits per heavy atom. The summed E-state index contributed by atoms with van der Waals surface area (Å²) in [6, 6.07) is 14.9. The highest BCUT2D eigenvalue weighted by molar-refractivity contribution is 14.1. The van der Waals surface area contributed by atoms with Crippen molar-refractivity contribution in [2.24, 2.45) is 5.10 Å². The zero-order chi connectivity index (χ0) is 22.2. The average molecular weight is 615 g/mol. The van der Waals surface area contributed by atoms with Crippen LogP contribution in [0.3, 0.4) is 0 Å². The van der Waals surface area contributed by atoms with Crippen LogP contribution in [0.15, 0.2) is 64.3 Å². The fourth-order valence-corrected chi connectivity index (χ4v) is 3.72. The molecule has 1 amide bonds. The molecule has 0 fully saturated rings. The number of ether oxygens (including phenoxy) is 2. The van der Waals surface area contributed by atoms with Gasteiger partial charge in [0.05, 0.1) is 22.9 Å². The van der Waals surface area contributed by atoms with Crippen LogP contribution in [0.2, 0.25) is 5.15 Å². The van der Waals surface area contributed by atoms with Gasteiger partial charge in [-0.1, -0.05) is 23.7 Å². The number of halogens is 3. The first-order valence-corrected chi connectivity index (χ1v) is 11.5. The van der Waals surface area contributed by atoms with E-state index in [9.17, 15) is 4.79 Å². The van der Waals surface area contributed by atoms with Crippen LogP contribution in [0.5, 0.6) is 11.5 Å². The molecule has 31 heavy (non-hydrogen) atoms. The van der Waals surface area contributed by atoms with Crippen molar-refractivity contribution in [3.8, 4) is 11.5 Å². The SMILES string of the molecule is CCOc1cc(C=NNC(=O)c2cccnc2Cl)cc(Br)c1OCc1ccc(I)cc1. The highest BCUT2D eigenvalue weighted by Gasteiger charge is 2.13. The van der Waals surface area contributed by atoms with E-state index in [-0.39, 0.29) is 10.7 Å². The van der Waals surface area contributed by atoms with Crippen LogP contribution >= 0.6 is 50.1 Å². The number of hydrazone groups is 1. The van der Waals surface area contributed by atoms with Crippen molar-refractivity contribution >= 4 is 62.2 Å². The minimum Gasteiger partial charge on any atom is -0.490 e. The Labute approximate surface area is 207 Å². The second-order valence-electron chi connectivity index (χ2n) is 6.22. The van der Waals surface area contributed by atoms with Crippen molar-refractivity contribution in [2.75, 3.05) is 6.61 Å². The third-order valence-electron chi connectivity index (χ3n) is 4.01. The number of carbonyl (C=O) groups is 1. The number of benzene rings is 2. The maximum absolute atomic E-state index is 12.2. The van der Waals surface area contributed by atoms with E-state index in [1.165, 1.54) is 16.0 Å². The number of aromatic nitrogens is 1. The number of nitrogens with zero attached hydrogens (tertiary/aromatic N) is 2. The molecule has 1 heterocycles. The first-order chi connectivity index (χ1) is 15.0. The number of carbonyl (C=O) groups excluding carboxylic acids is 1. The number of hydrogen-bond donors (Lipinski definition) is 1. The first kappa shape index (κ1) is 23.5. The number of nitrogens with one attached hydrogen (secondary N) is 1. The van der Waals surface area contributed by atoms with Gasteiger partial charge in [-0.2, -0.15) is 5.10 Å². The summed E-state index contributed by atoms with van der Waals surface area (Å²) in [7, 11) is 0. The fraction of sp³-hybridized carbons (Fsp3) is 0.136. The second-order valence-corrected chi connectivity index (χ2v) is 8.68. The fourth-order valence-electron chi connectivity index (χ4n) is 2.58. The van der Waals surface area contributed by atoms with E-state index in [0.29, 0.717) is 29.2 Å². The third-order valence-corrected chi connectivity index (χ3v) is 5.62. The Balaban J connectivity index is 1.73. The maximum Gasteiger partial charge on any atom is 0.274 e. The van der Waals surface area contributed by atoms with Gasteiger partial charge < -0.3 is 9.47 Å². The lowest BCUT2D eigenvalue weighted by molar-refractivity contribution is 0.0955. The minimum absolute atomic E-state index is 0.117. The van der Waals surface area contributed by atoms with Gasteiger partial charge in [0.2, 0.25) is 0 Å². The molecule has 0 atom stereocenters. The molecule has 1 aromatic heterocycles. The molecule has 160 valence electrons. The molecule has 3 aromatic rings. The van der Waals surface area contributed by atoms with Crippen molar-refractivity contribution in [1.82, 2.24) is 10.4 Å². The lowest BCUT2D eigenvalue weighted by Gasteiger charge is -2.14. The first-order valence-electron chi connectivity index (χ1n) is 9.25. The number of amides is 1. The smallest absolute Gasteiger partial charge is 0.274 e. The number of pyridine rings is 1. The maximum atomic E-state index is 12.2. The molecule has 0 saturated heterocycles. The highest BCUT2D eigenvalue weighted by Crippen LogP contribution is 2.37. The number of hydrogen-bond acceptors (Lipinski definition) is 5. The summed E-state index contributed by atoms with van der Waals surface area (Å²) < 4.78 is 13.6. The van der Waals surface area contributed by atoms with Gasteiger partial charge in [-0.25, -0.2) is 10.4 Å². The summed E-state index contributed by atoms with van der Waals surface area (Å²) in [5.41, 5.74) is 4.46. The predicted molar refractivity (Wildman–Crippen MR) is 133 cm³/mol. The molecule has 0 unspecified atom stereocenters. The quantitative estimate of drug-likeness (QED) is 0.150. The minimum atomic E-state index is -0.448. The zero-order valence-corrected chi connectivity index (χ0v) is 20.9. The van der Waals surface area contributed by atoms with E-state index in [4.69, 9.17) is 21.1 Å². The van der Waals surface area contributed by atoms with E-state index in [2.05, 4.69) is 54.0 Å². The molecule has 0 spiro atoms. The van der Waals surface area contributed by atoms with Crippen molar-refractivity contribution in [1.29, 1.82) is 0 Å². The molecule has 0 aliphatic heterocycles. The molecule has 9 heteroatoms. The zero-order valence-electron chi connectivity index (χ0n) is 16.4. The lowest BCUT2D eigenvalue weighted by atomic mass is 10.2. The van der Waals surface area contributed by atoms with Crippen LogP contribution < -0.4 is 14.9 Å². The van der Waals surface area contributed by atoms with Crippen molar-refractivity contribution in [3.05, 3.63) is 84.6 Å². The van der Waals surface area contributed by atoms with Crippen LogP contribution in [-0.4, -0.2) is 23.7 Å². The van der Waals surface area contributed by atoms with Crippen LogP contribution in [0, 0.1) is 3.57 Å². The molecular weight excluding hydrogens is 597 g/mol. The molecule has 0 saturated carbocycles. The molecule has 0 radical (unpaired) electrons. The summed E-state index contributed by atoms with van der Waals surface area (Å²) in [5.74, 6) is 0.727. The Morgan fingerprint density at radius 3 is 2.74 bits per heavy atom. The van der Waals surface area contributed by atoms with Gasteiger partial charge in [0.15, 0.2) is 11.5 Å². The van der Waals surface area contributed by atoms with Crippen LogP contribution in [-0.2, 0) is 6.61 Å². The summed E-state index contributed by atoms with van der Waals surface area (Å²) in [6.07, 6.45) is 3.02. The molecule has 2 aromatic carbocycles. The van der Waals surface area contributed by atoms with E-state index in [1.54, 1.807) is 18.2 Å². The third kappa shape index (κ3) is 6.65. The standard InChI is InChI=1S/C22H18BrClIN3O3/c1-2-30-19-11-15(12-27-28-22(29)17-4-3-9-26-21(17)24)10-18(23)20(19)31-13-14-5-7-16(25)8-6-14/h3-12H,2,13H2,1H3,(H,28,29). The van der Waals surface area contributed by atoms with Crippen LogP contribution in [0.4, 0.5) is 0 Å². The predicted octanol–water partition coefficient (Wildman–Crippen LogP) is 5.84. The Kier molecular flexibility index (Phi) is 8.68. The Morgan fingerprint density at radius 1 is 1.26 bits per heavy atom. The van der Waals surface area contributed by atoms with Crippen LogP contribution in [0.1, 0.15) is 28.4 Å². The van der Waals surface area contributed by atoms with Gasteiger partial charge in [-0.15, -0.1) is 0 Å². The monoisotopic (exact) mass is 613 g/mol. The second kappa shape index (κ2) is 11.4. The summed E-state index contributed by atoms with van der Waals surface area (Å²) in [6.45, 7) is 2.78. The van der Waals surface area contributed by atoms with Gasteiger partial charge in [-0.05, 0) is 93.0 Å². The van der Waals surface area contributed by atoms with E-state index < -0.39 is 5.91 Å². The van der Waals surface area contributed by atoms with E-state index >= 15 is 0 Å². The van der Waals surface area contributed by atoms with E-state index in [1.807, 2.05) is 37.3 Å². The van der Waals surface area contributed by atoms with Gasteiger partial charge in [0.1, 0.15) is 11.8 Å². The molecule has 3 rings (SSSR count). The average Bonchev–Trinajstić information content (AvgIpc) is 2.75. The Hall–Kier alpha value is -2.17. The van der Waals surface area contributed by atoms with Gasteiger partial charge in [0, 0.05) is 9.77 Å². The molecule has 1 N–H and O–H groups in total. The van der Waals surface area contributed by atoms with Gasteiger partial charge >= 0.3 is 0 Å². The molecule has 0 bridgehead atoms. The molecule has 0 aliphatic rings. The molecule has 0 aliphatic carbocycles. The van der Waals surface area contributed by atoms with Crippen molar-refractivity contribution in [2.45, 2.75) is 13.5 Å². The van der Waals surface area contributed by atoms with Gasteiger partial charge in [-0.3, -0.25) is 4.79 Å². The number of rotatable bonds is 8. The van der Waals surface area contributed by atoms with Crippen molar-refractivity contribution in [3.63, 3.8) is 0 Å². The summed E-state index contributed by atoms with van der Waals surface area (Å²) in [4.78, 5) is 16.1. The van der Waals surface area contributed by atoms with Crippen molar-refractivity contribution < 1.29 is 14.3 Å². The topological polar surface area (TPSA) is 72.8 Å². The van der Waals surface area contributed by atoms with Crippen LogP contribution in [0.25, 0.3) is 0 Å². The van der Waals surface area contributed by atoms with E-state index in [0.717, 1.165) is 11.1 Å². The molecular formula is C22H18BrClIN3O3.